The SMILES string of the molecule is COc1ccc(C=C2SC(=S)N(CCCCCC(=O)Nc3ccc(Cl)c(C(F)(F)F)c3)C2=O)cc1OC. The number of benzene rings is 2. The van der Waals surface area contributed by atoms with Crippen LogP contribution in [0.2, 0.25) is 5.02 Å². The van der Waals surface area contributed by atoms with E-state index >= 15 is 0 Å². The third kappa shape index (κ3) is 7.62. The first-order valence-corrected chi connectivity index (χ1v) is 12.8. The maximum Gasteiger partial charge on any atom is 0.417 e. The molecule has 2 amide bonds. The molecule has 1 heterocycles. The molecule has 3 rings (SSSR count). The smallest absolute Gasteiger partial charge is 0.417 e. The number of carbonyl (C=O) groups excluding carboxylic acids is 2. The lowest BCUT2D eigenvalue weighted by molar-refractivity contribution is -0.137. The molecule has 0 atom stereocenters. The van der Waals surface area contributed by atoms with Crippen LogP contribution in [0.1, 0.15) is 36.8 Å². The Bertz CT molecular complexity index is 1220. The van der Waals surface area contributed by atoms with Gasteiger partial charge < -0.3 is 14.8 Å². The molecule has 6 nitrogen and oxygen atoms in total. The number of thiocarbonyl (C=S) groups is 1. The number of anilines is 1. The van der Waals surface area contributed by atoms with E-state index in [-0.39, 0.29) is 18.0 Å². The molecule has 1 N–H and O–H groups in total. The molecule has 0 aliphatic carbocycles. The maximum atomic E-state index is 13.0. The molecule has 2 aromatic rings. The van der Waals surface area contributed by atoms with Gasteiger partial charge in [0, 0.05) is 18.7 Å². The largest absolute Gasteiger partial charge is 0.493 e. The Balaban J connectivity index is 1.47. The summed E-state index contributed by atoms with van der Waals surface area (Å²) in [5.74, 6) is 0.539. The average molecular weight is 573 g/mol. The lowest BCUT2D eigenvalue weighted by Gasteiger charge is -2.14. The number of alkyl halides is 3. The summed E-state index contributed by atoms with van der Waals surface area (Å²) >= 11 is 12.2. The second-order valence-electron chi connectivity index (χ2n) is 8.00. The highest BCUT2D eigenvalue weighted by molar-refractivity contribution is 8.26. The number of ether oxygens (including phenoxy) is 2. The first kappa shape index (κ1) is 28.8. The number of amides is 2. The molecule has 2 aromatic carbocycles. The van der Waals surface area contributed by atoms with Gasteiger partial charge in [-0.05, 0) is 54.8 Å². The van der Waals surface area contributed by atoms with Crippen molar-refractivity contribution in [3.8, 4) is 11.5 Å². The third-order valence-electron chi connectivity index (χ3n) is 5.42. The van der Waals surface area contributed by atoms with E-state index in [2.05, 4.69) is 5.32 Å². The van der Waals surface area contributed by atoms with Gasteiger partial charge in [-0.15, -0.1) is 0 Å². The molecule has 0 bridgehead atoms. The Morgan fingerprint density at radius 2 is 1.84 bits per heavy atom. The molecule has 1 fully saturated rings. The fraction of sp³-hybridized carbons (Fsp3) is 0.320. The second-order valence-corrected chi connectivity index (χ2v) is 10.1. The van der Waals surface area contributed by atoms with Crippen LogP contribution in [0, 0.1) is 0 Å². The summed E-state index contributed by atoms with van der Waals surface area (Å²) in [6.07, 6.45) is -0.994. The van der Waals surface area contributed by atoms with Crippen LogP contribution >= 0.6 is 35.6 Å². The van der Waals surface area contributed by atoms with Crippen LogP contribution in [0.5, 0.6) is 11.5 Å². The molecule has 0 aromatic heterocycles. The quantitative estimate of drug-likeness (QED) is 0.192. The van der Waals surface area contributed by atoms with Crippen LogP contribution in [0.3, 0.4) is 0 Å². The van der Waals surface area contributed by atoms with Crippen molar-refractivity contribution in [3.63, 3.8) is 0 Å². The molecule has 1 aliphatic rings. The predicted octanol–water partition coefficient (Wildman–Crippen LogP) is 6.78. The van der Waals surface area contributed by atoms with Gasteiger partial charge in [0.1, 0.15) is 4.32 Å². The normalized spacial score (nSPS) is 14.9. The Kier molecular flexibility index (Phi) is 9.86. The van der Waals surface area contributed by atoms with Gasteiger partial charge in [-0.25, -0.2) is 0 Å². The van der Waals surface area contributed by atoms with Crippen molar-refractivity contribution in [2.75, 3.05) is 26.1 Å². The summed E-state index contributed by atoms with van der Waals surface area (Å²) in [4.78, 5) is 27.0. The van der Waals surface area contributed by atoms with Crippen molar-refractivity contribution < 1.29 is 32.2 Å². The zero-order chi connectivity index (χ0) is 27.2. The van der Waals surface area contributed by atoms with E-state index in [0.29, 0.717) is 46.5 Å². The van der Waals surface area contributed by atoms with Crippen molar-refractivity contribution in [3.05, 3.63) is 57.5 Å². The molecule has 0 radical (unpaired) electrons. The van der Waals surface area contributed by atoms with Crippen LogP contribution in [0.25, 0.3) is 6.08 Å². The average Bonchev–Trinajstić information content (AvgIpc) is 3.11. The minimum atomic E-state index is -4.61. The highest BCUT2D eigenvalue weighted by Crippen LogP contribution is 2.37. The highest BCUT2D eigenvalue weighted by atomic mass is 35.5. The summed E-state index contributed by atoms with van der Waals surface area (Å²) in [5, 5.41) is 2.03. The topological polar surface area (TPSA) is 67.9 Å². The highest BCUT2D eigenvalue weighted by Gasteiger charge is 2.33. The first-order valence-electron chi connectivity index (χ1n) is 11.2. The Morgan fingerprint density at radius 3 is 2.51 bits per heavy atom. The van der Waals surface area contributed by atoms with Gasteiger partial charge in [0.2, 0.25) is 5.91 Å². The molecule has 1 aliphatic heterocycles. The van der Waals surface area contributed by atoms with E-state index in [0.717, 1.165) is 17.7 Å². The first-order chi connectivity index (χ1) is 17.5. The van der Waals surface area contributed by atoms with Crippen molar-refractivity contribution >= 4 is 63.5 Å². The fourth-order valence-electron chi connectivity index (χ4n) is 3.56. The molecule has 12 heteroatoms. The van der Waals surface area contributed by atoms with E-state index in [1.54, 1.807) is 25.3 Å². The third-order valence-corrected chi connectivity index (χ3v) is 7.13. The second kappa shape index (κ2) is 12.7. The fourth-order valence-corrected chi connectivity index (χ4v) is 5.10. The summed E-state index contributed by atoms with van der Waals surface area (Å²) in [6, 6.07) is 8.56. The molecule has 0 unspecified atom stereocenters. The van der Waals surface area contributed by atoms with Crippen LogP contribution in [0.15, 0.2) is 41.3 Å². The van der Waals surface area contributed by atoms with Crippen LogP contribution < -0.4 is 14.8 Å². The summed E-state index contributed by atoms with van der Waals surface area (Å²) < 4.78 is 49.9. The van der Waals surface area contributed by atoms with Gasteiger partial charge in [0.15, 0.2) is 11.5 Å². The molecule has 1 saturated heterocycles. The molecule has 37 heavy (non-hydrogen) atoms. The lowest BCUT2D eigenvalue weighted by atomic mass is 10.1. The number of carbonyl (C=O) groups is 2. The van der Waals surface area contributed by atoms with Crippen LogP contribution in [-0.2, 0) is 15.8 Å². The van der Waals surface area contributed by atoms with Gasteiger partial charge in [-0.3, -0.25) is 14.5 Å². The number of nitrogens with one attached hydrogen (secondary N) is 1. The van der Waals surface area contributed by atoms with Crippen molar-refractivity contribution in [1.29, 1.82) is 0 Å². The van der Waals surface area contributed by atoms with Crippen molar-refractivity contribution in [1.82, 2.24) is 4.90 Å². The maximum absolute atomic E-state index is 13.0. The number of halogens is 4. The van der Waals surface area contributed by atoms with E-state index in [4.69, 9.17) is 33.3 Å². The minimum Gasteiger partial charge on any atom is -0.493 e. The Labute approximate surface area is 227 Å². The summed E-state index contributed by atoms with van der Waals surface area (Å²) in [6.45, 7) is 0.404. The molecule has 0 spiro atoms. The van der Waals surface area contributed by atoms with Crippen LogP contribution in [0.4, 0.5) is 18.9 Å². The minimum absolute atomic E-state index is 0.0283. The number of hydrogen-bond donors (Lipinski definition) is 1. The number of unbranched alkanes of at least 4 members (excludes halogenated alkanes) is 2. The number of hydrogen-bond acceptors (Lipinski definition) is 6. The van der Waals surface area contributed by atoms with Crippen LogP contribution in [-0.4, -0.2) is 41.8 Å². The van der Waals surface area contributed by atoms with Gasteiger partial charge in [-0.1, -0.05) is 48.1 Å². The van der Waals surface area contributed by atoms with E-state index in [1.165, 1.54) is 29.8 Å². The predicted molar refractivity (Wildman–Crippen MR) is 143 cm³/mol. The molecule has 198 valence electrons. The van der Waals surface area contributed by atoms with Crippen molar-refractivity contribution in [2.24, 2.45) is 0 Å². The summed E-state index contributed by atoms with van der Waals surface area (Å²) in [5.41, 5.74) is -0.205. The summed E-state index contributed by atoms with van der Waals surface area (Å²) in [7, 11) is 3.08. The van der Waals surface area contributed by atoms with Crippen molar-refractivity contribution in [2.45, 2.75) is 31.9 Å². The van der Waals surface area contributed by atoms with Gasteiger partial charge in [-0.2, -0.15) is 13.2 Å². The zero-order valence-electron chi connectivity index (χ0n) is 20.0. The Hall–Kier alpha value is -2.76. The Morgan fingerprint density at radius 1 is 1.11 bits per heavy atom. The van der Waals surface area contributed by atoms with E-state index < -0.39 is 22.7 Å². The number of methoxy groups -OCH3 is 2. The van der Waals surface area contributed by atoms with Gasteiger partial charge >= 0.3 is 6.18 Å². The molecular weight excluding hydrogens is 549 g/mol. The standard InChI is InChI=1S/C25H24ClF3N2O4S2/c1-34-19-10-7-15(12-20(19)35-2)13-21-23(33)31(24(36)37-21)11-5-3-4-6-22(32)30-16-8-9-18(26)17(14-16)25(27,28)29/h7-10,12-14H,3-6,11H2,1-2H3,(H,30,32). The number of rotatable bonds is 10. The lowest BCUT2D eigenvalue weighted by Crippen LogP contribution is -2.29. The van der Waals surface area contributed by atoms with E-state index in [9.17, 15) is 22.8 Å². The number of nitrogens with zero attached hydrogens (tertiary/aromatic N) is 1. The van der Waals surface area contributed by atoms with E-state index in [1.807, 2.05) is 6.07 Å². The molecular formula is C25H24ClF3N2O4S2. The van der Waals surface area contributed by atoms with Gasteiger partial charge in [0.25, 0.3) is 5.91 Å². The van der Waals surface area contributed by atoms with Gasteiger partial charge in [0.05, 0.1) is 29.7 Å². The monoisotopic (exact) mass is 572 g/mol. The molecule has 0 saturated carbocycles. The zero-order valence-corrected chi connectivity index (χ0v) is 22.4. The number of thioether (sulfide) groups is 1.